The number of benzene rings is 1. The number of imide groups is 1. The van der Waals surface area contributed by atoms with E-state index in [0.717, 1.165) is 6.42 Å². The molecule has 0 spiro atoms. The van der Waals surface area contributed by atoms with Crippen LogP contribution >= 0.6 is 0 Å². The van der Waals surface area contributed by atoms with E-state index >= 15 is 0 Å². The van der Waals surface area contributed by atoms with Gasteiger partial charge in [0.2, 0.25) is 0 Å². The molecule has 0 aromatic heterocycles. The van der Waals surface area contributed by atoms with E-state index in [2.05, 4.69) is 10.6 Å². The van der Waals surface area contributed by atoms with Crippen LogP contribution in [0.1, 0.15) is 64.7 Å². The molecule has 0 saturated heterocycles. The van der Waals surface area contributed by atoms with Crippen molar-refractivity contribution in [3.05, 3.63) is 46.2 Å². The number of amides is 4. The Labute approximate surface area is 184 Å². The number of ether oxygens (including phenoxy) is 2. The van der Waals surface area contributed by atoms with Crippen LogP contribution in [0, 0.1) is 0 Å². The molecule has 2 aliphatic rings. The highest BCUT2D eigenvalue weighted by Crippen LogP contribution is 2.25. The number of unbranched alkanes of at least 4 members (excludes halogenated alkanes) is 1. The lowest BCUT2D eigenvalue weighted by Crippen LogP contribution is -2.50. The van der Waals surface area contributed by atoms with Crippen molar-refractivity contribution in [3.8, 4) is 0 Å². The second-order valence-corrected chi connectivity index (χ2v) is 7.38. The molecule has 0 aliphatic carbocycles. The van der Waals surface area contributed by atoms with Crippen molar-refractivity contribution in [2.24, 2.45) is 0 Å². The molecule has 0 saturated carbocycles. The van der Waals surface area contributed by atoms with Crippen molar-refractivity contribution in [3.63, 3.8) is 0 Å². The van der Waals surface area contributed by atoms with Crippen LogP contribution in [0.25, 0.3) is 0 Å². The molecule has 2 aliphatic heterocycles. The summed E-state index contributed by atoms with van der Waals surface area (Å²) in [6, 6.07) is 2.99. The first-order chi connectivity index (χ1) is 15.3. The second kappa shape index (κ2) is 9.63. The highest BCUT2D eigenvalue weighted by Gasteiger charge is 2.36. The number of rotatable bonds is 8. The molecule has 3 rings (SSSR count). The fraction of sp³-hybridized carbons (Fsp3) is 0.409. The molecule has 10 heteroatoms. The smallest absolute Gasteiger partial charge is 0.338 e. The van der Waals surface area contributed by atoms with Crippen molar-refractivity contribution in [1.29, 1.82) is 0 Å². The average Bonchev–Trinajstić information content (AvgIpc) is 2.99. The molecule has 2 N–H and O–H groups in total. The maximum atomic E-state index is 12.6. The molecular formula is C22H25N3O7. The van der Waals surface area contributed by atoms with Crippen LogP contribution in [0.3, 0.4) is 0 Å². The maximum Gasteiger partial charge on any atom is 0.338 e. The van der Waals surface area contributed by atoms with Gasteiger partial charge < -0.3 is 20.1 Å². The van der Waals surface area contributed by atoms with Crippen molar-refractivity contribution in [2.45, 2.75) is 39.7 Å². The fourth-order valence-corrected chi connectivity index (χ4v) is 3.55. The minimum atomic E-state index is -0.767. The van der Waals surface area contributed by atoms with E-state index in [1.165, 1.54) is 23.1 Å². The van der Waals surface area contributed by atoms with Gasteiger partial charge in [-0.2, -0.15) is 0 Å². The van der Waals surface area contributed by atoms with Gasteiger partial charge in [-0.05, 0) is 38.5 Å². The quantitative estimate of drug-likeness (QED) is 0.462. The lowest BCUT2D eigenvalue weighted by Gasteiger charge is -2.26. The predicted molar refractivity (Wildman–Crippen MR) is 112 cm³/mol. The first kappa shape index (κ1) is 23.0. The Kier molecular flexibility index (Phi) is 6.92. The molecule has 1 aromatic carbocycles. The highest BCUT2D eigenvalue weighted by molar-refractivity contribution is 6.22. The van der Waals surface area contributed by atoms with Crippen LogP contribution in [0.5, 0.6) is 0 Å². The Morgan fingerprint density at radius 3 is 2.44 bits per heavy atom. The van der Waals surface area contributed by atoms with E-state index in [9.17, 15) is 24.0 Å². The summed E-state index contributed by atoms with van der Waals surface area (Å²) in [6.07, 6.45) is 1.52. The topological polar surface area (TPSA) is 131 Å². The molecule has 1 atom stereocenters. The number of nitrogens with one attached hydrogen (secondary N) is 2. The Morgan fingerprint density at radius 2 is 1.75 bits per heavy atom. The fourth-order valence-electron chi connectivity index (χ4n) is 3.55. The zero-order valence-electron chi connectivity index (χ0n) is 18.1. The molecule has 32 heavy (non-hydrogen) atoms. The zero-order chi connectivity index (χ0) is 23.4. The molecule has 0 radical (unpaired) electrons. The minimum absolute atomic E-state index is 0.0776. The zero-order valence-corrected chi connectivity index (χ0v) is 18.1. The second-order valence-electron chi connectivity index (χ2n) is 7.38. The van der Waals surface area contributed by atoms with Gasteiger partial charge in [-0.25, -0.2) is 14.4 Å². The molecule has 4 amide bonds. The van der Waals surface area contributed by atoms with E-state index in [4.69, 9.17) is 9.47 Å². The number of fused-ring (bicyclic) bond motifs is 1. The number of carbonyl (C=O) groups is 5. The Hall–Kier alpha value is -3.69. The Morgan fingerprint density at radius 1 is 1.03 bits per heavy atom. The van der Waals surface area contributed by atoms with E-state index in [-0.39, 0.29) is 47.1 Å². The van der Waals surface area contributed by atoms with Gasteiger partial charge in [-0.1, -0.05) is 13.3 Å². The summed E-state index contributed by atoms with van der Waals surface area (Å²) in [7, 11) is 0. The lowest BCUT2D eigenvalue weighted by molar-refractivity contribution is -0.139. The third kappa shape index (κ3) is 4.48. The largest absolute Gasteiger partial charge is 0.463 e. The number of nitrogens with zero attached hydrogens (tertiary/aromatic N) is 1. The van der Waals surface area contributed by atoms with Crippen LogP contribution in [0.15, 0.2) is 29.5 Å². The van der Waals surface area contributed by atoms with Crippen LogP contribution in [0.4, 0.5) is 4.79 Å². The number of hydrogen-bond donors (Lipinski definition) is 2. The van der Waals surface area contributed by atoms with Crippen LogP contribution in [-0.4, -0.2) is 60.5 Å². The van der Waals surface area contributed by atoms with E-state index in [0.29, 0.717) is 13.0 Å². The van der Waals surface area contributed by atoms with E-state index < -0.39 is 29.9 Å². The predicted octanol–water partition coefficient (Wildman–Crippen LogP) is 1.76. The standard InChI is InChI=1S/C22H25N3O7/c1-4-6-9-25-18(26)14-8-7-13(10-15(14)19(25)27)20(28)32-11-16-17(21(29)31-5-2)12(3)23-22(30)24-16/h7-8,10,12H,4-6,9,11H2,1-3H3,(H2,23,24,30)/t12-/m0/s1. The van der Waals surface area contributed by atoms with Gasteiger partial charge in [0.05, 0.1) is 40.6 Å². The SMILES string of the molecule is CCCCN1C(=O)c2ccc(C(=O)OCC3=C(C(=O)OCC)[C@H](C)NC(=O)N3)cc2C1=O. The Bertz CT molecular complexity index is 1010. The van der Waals surface area contributed by atoms with Crippen molar-refractivity contribution < 1.29 is 33.4 Å². The summed E-state index contributed by atoms with van der Waals surface area (Å²) in [6.45, 7) is 5.31. The summed E-state index contributed by atoms with van der Waals surface area (Å²) in [4.78, 5) is 62.8. The summed E-state index contributed by atoms with van der Waals surface area (Å²) in [5.41, 5.74) is 0.741. The number of carbonyl (C=O) groups excluding carboxylic acids is 5. The van der Waals surface area contributed by atoms with Crippen LogP contribution < -0.4 is 10.6 Å². The van der Waals surface area contributed by atoms with Gasteiger partial charge in [0.15, 0.2) is 0 Å². The molecule has 170 valence electrons. The molecule has 0 unspecified atom stereocenters. The first-order valence-corrected chi connectivity index (χ1v) is 10.4. The third-order valence-corrected chi connectivity index (χ3v) is 5.15. The minimum Gasteiger partial charge on any atom is -0.463 e. The highest BCUT2D eigenvalue weighted by atomic mass is 16.5. The molecule has 1 aromatic rings. The average molecular weight is 443 g/mol. The van der Waals surface area contributed by atoms with E-state index in [1.54, 1.807) is 13.8 Å². The van der Waals surface area contributed by atoms with E-state index in [1.807, 2.05) is 6.92 Å². The maximum absolute atomic E-state index is 12.6. The molecule has 2 heterocycles. The monoisotopic (exact) mass is 443 g/mol. The molecular weight excluding hydrogens is 418 g/mol. The Balaban J connectivity index is 1.77. The number of esters is 2. The summed E-state index contributed by atoms with van der Waals surface area (Å²) < 4.78 is 10.3. The normalized spacial score (nSPS) is 17.7. The summed E-state index contributed by atoms with van der Waals surface area (Å²) >= 11 is 0. The van der Waals surface area contributed by atoms with Gasteiger partial charge in [0.1, 0.15) is 6.61 Å². The van der Waals surface area contributed by atoms with Crippen LogP contribution in [-0.2, 0) is 14.3 Å². The van der Waals surface area contributed by atoms with Gasteiger partial charge in [-0.15, -0.1) is 0 Å². The molecule has 0 fully saturated rings. The van der Waals surface area contributed by atoms with Gasteiger partial charge in [0, 0.05) is 6.54 Å². The molecule has 10 nitrogen and oxygen atoms in total. The third-order valence-electron chi connectivity index (χ3n) is 5.15. The van der Waals surface area contributed by atoms with Crippen molar-refractivity contribution >= 4 is 29.8 Å². The van der Waals surface area contributed by atoms with Gasteiger partial charge >= 0.3 is 18.0 Å². The van der Waals surface area contributed by atoms with Crippen molar-refractivity contribution in [1.82, 2.24) is 15.5 Å². The van der Waals surface area contributed by atoms with Gasteiger partial charge in [-0.3, -0.25) is 14.5 Å². The van der Waals surface area contributed by atoms with Gasteiger partial charge in [0.25, 0.3) is 11.8 Å². The molecule has 0 bridgehead atoms. The van der Waals surface area contributed by atoms with Crippen LogP contribution in [0.2, 0.25) is 0 Å². The first-order valence-electron chi connectivity index (χ1n) is 10.4. The lowest BCUT2D eigenvalue weighted by atomic mass is 10.0. The summed E-state index contributed by atoms with van der Waals surface area (Å²) in [5.74, 6) is -2.22. The summed E-state index contributed by atoms with van der Waals surface area (Å²) in [5, 5.41) is 5.02. The van der Waals surface area contributed by atoms with Crippen molar-refractivity contribution in [2.75, 3.05) is 19.8 Å². The number of hydrogen-bond acceptors (Lipinski definition) is 7. The number of urea groups is 1.